The zero-order valence-electron chi connectivity index (χ0n) is 9.77. The Kier molecular flexibility index (Phi) is 2.87. The second kappa shape index (κ2) is 4.53. The van der Waals surface area contributed by atoms with Gasteiger partial charge in [0.2, 0.25) is 5.95 Å². The summed E-state index contributed by atoms with van der Waals surface area (Å²) < 4.78 is 0. The Morgan fingerprint density at radius 3 is 3.17 bits per heavy atom. The van der Waals surface area contributed by atoms with Crippen LogP contribution in [0, 0.1) is 0 Å². The molecule has 2 aromatic rings. The summed E-state index contributed by atoms with van der Waals surface area (Å²) >= 11 is 1.91. The molecular weight excluding hydrogens is 248 g/mol. The molecule has 1 fully saturated rings. The van der Waals surface area contributed by atoms with Crippen LogP contribution in [0.1, 0.15) is 6.42 Å². The molecule has 1 aliphatic heterocycles. The maximum Gasteiger partial charge on any atom is 0.260 e. The van der Waals surface area contributed by atoms with Gasteiger partial charge in [0, 0.05) is 17.5 Å². The Morgan fingerprint density at radius 2 is 2.39 bits per heavy atom. The lowest BCUT2D eigenvalue weighted by molar-refractivity contribution is 0.799. The number of nitrogens with one attached hydrogen (secondary N) is 2. The minimum absolute atomic E-state index is 0.152. The second-order valence-corrected chi connectivity index (χ2v) is 5.55. The highest BCUT2D eigenvalue weighted by molar-refractivity contribution is 7.99. The molecule has 2 heterocycles. The first kappa shape index (κ1) is 11.4. The highest BCUT2D eigenvalue weighted by atomic mass is 32.2. The molecule has 1 aromatic carbocycles. The summed E-state index contributed by atoms with van der Waals surface area (Å²) in [6.45, 7) is 0. The third-order valence-electron chi connectivity index (χ3n) is 3.00. The molecule has 1 atom stereocenters. The van der Waals surface area contributed by atoms with Gasteiger partial charge in [0.25, 0.3) is 5.56 Å². The fourth-order valence-electron chi connectivity index (χ4n) is 2.07. The summed E-state index contributed by atoms with van der Waals surface area (Å²) in [5.74, 6) is 2.76. The van der Waals surface area contributed by atoms with E-state index in [1.807, 2.05) is 11.8 Å². The number of nitrogens with zero attached hydrogens (tertiary/aromatic N) is 1. The Hall–Kier alpha value is -1.69. The highest BCUT2D eigenvalue weighted by Gasteiger charge is 2.16. The van der Waals surface area contributed by atoms with Crippen molar-refractivity contribution in [2.45, 2.75) is 12.5 Å². The molecule has 5 nitrogen and oxygen atoms in total. The van der Waals surface area contributed by atoms with Gasteiger partial charge in [-0.1, -0.05) is 0 Å². The van der Waals surface area contributed by atoms with Crippen LogP contribution in [0.3, 0.4) is 0 Å². The molecular formula is C12H14N4OS. The number of rotatable bonds is 2. The molecule has 1 aromatic heterocycles. The summed E-state index contributed by atoms with van der Waals surface area (Å²) in [5.41, 5.74) is 6.75. The number of thioether (sulfide) groups is 1. The van der Waals surface area contributed by atoms with Crippen LogP contribution >= 0.6 is 11.8 Å². The first-order chi connectivity index (χ1) is 8.72. The van der Waals surface area contributed by atoms with E-state index in [0.717, 1.165) is 17.9 Å². The van der Waals surface area contributed by atoms with Crippen LogP contribution in [0.5, 0.6) is 0 Å². The summed E-state index contributed by atoms with van der Waals surface area (Å²) in [4.78, 5) is 19.1. The molecule has 1 aliphatic rings. The van der Waals surface area contributed by atoms with E-state index < -0.39 is 0 Å². The van der Waals surface area contributed by atoms with Crippen molar-refractivity contribution in [1.82, 2.24) is 9.97 Å². The number of nitrogens with two attached hydrogens (primary N) is 1. The molecule has 0 spiro atoms. The van der Waals surface area contributed by atoms with E-state index in [1.54, 1.807) is 18.2 Å². The molecule has 6 heteroatoms. The van der Waals surface area contributed by atoms with Crippen LogP contribution in [0.25, 0.3) is 10.9 Å². The molecule has 0 bridgehead atoms. The van der Waals surface area contributed by atoms with Crippen molar-refractivity contribution >= 4 is 34.3 Å². The fourth-order valence-corrected chi connectivity index (χ4v) is 3.22. The SMILES string of the molecule is Nc1ccc2nc(NC3CCSC3)[nH]c(=O)c2c1. The van der Waals surface area contributed by atoms with Crippen LogP contribution in [0.15, 0.2) is 23.0 Å². The Balaban J connectivity index is 1.99. The second-order valence-electron chi connectivity index (χ2n) is 4.40. The van der Waals surface area contributed by atoms with E-state index in [4.69, 9.17) is 5.73 Å². The standard InChI is InChI=1S/C12H14N4OS/c13-7-1-2-10-9(5-7)11(17)16-12(15-10)14-8-3-4-18-6-8/h1-2,5,8H,3-4,6,13H2,(H2,14,15,16,17). The van der Waals surface area contributed by atoms with Crippen molar-refractivity contribution in [2.75, 3.05) is 22.6 Å². The van der Waals surface area contributed by atoms with Gasteiger partial charge in [0.05, 0.1) is 10.9 Å². The Bertz CT molecular complexity index is 634. The minimum atomic E-state index is -0.152. The highest BCUT2D eigenvalue weighted by Crippen LogP contribution is 2.20. The predicted octanol–water partition coefficient (Wildman–Crippen LogP) is 1.42. The minimum Gasteiger partial charge on any atom is -0.399 e. The predicted molar refractivity (Wildman–Crippen MR) is 76.1 cm³/mol. The van der Waals surface area contributed by atoms with Gasteiger partial charge >= 0.3 is 0 Å². The monoisotopic (exact) mass is 262 g/mol. The maximum atomic E-state index is 11.9. The normalized spacial score (nSPS) is 19.2. The molecule has 1 saturated heterocycles. The molecule has 0 radical (unpaired) electrons. The number of hydrogen-bond donors (Lipinski definition) is 3. The number of nitrogen functional groups attached to an aromatic ring is 1. The van der Waals surface area contributed by atoms with Gasteiger partial charge in [0.1, 0.15) is 0 Å². The van der Waals surface area contributed by atoms with Crippen LogP contribution < -0.4 is 16.6 Å². The number of fused-ring (bicyclic) bond motifs is 1. The van der Waals surface area contributed by atoms with Gasteiger partial charge in [-0.2, -0.15) is 11.8 Å². The summed E-state index contributed by atoms with van der Waals surface area (Å²) in [6, 6.07) is 5.57. The van der Waals surface area contributed by atoms with Gasteiger partial charge in [-0.05, 0) is 30.4 Å². The first-order valence-electron chi connectivity index (χ1n) is 5.86. The van der Waals surface area contributed by atoms with Crippen molar-refractivity contribution in [2.24, 2.45) is 0 Å². The number of H-pyrrole nitrogens is 1. The quantitative estimate of drug-likeness (QED) is 0.713. The fraction of sp³-hybridized carbons (Fsp3) is 0.333. The zero-order chi connectivity index (χ0) is 12.5. The smallest absolute Gasteiger partial charge is 0.260 e. The van der Waals surface area contributed by atoms with Crippen molar-refractivity contribution in [3.63, 3.8) is 0 Å². The topological polar surface area (TPSA) is 83.8 Å². The van der Waals surface area contributed by atoms with Crippen LogP contribution in [0.4, 0.5) is 11.6 Å². The number of anilines is 2. The van der Waals surface area contributed by atoms with Crippen LogP contribution in [-0.2, 0) is 0 Å². The number of benzene rings is 1. The summed E-state index contributed by atoms with van der Waals surface area (Å²) in [6.07, 6.45) is 1.11. The average Bonchev–Trinajstić information content (AvgIpc) is 2.83. The molecule has 4 N–H and O–H groups in total. The Labute approximate surface area is 108 Å². The largest absolute Gasteiger partial charge is 0.399 e. The van der Waals surface area contributed by atoms with Gasteiger partial charge in [0.15, 0.2) is 0 Å². The number of hydrogen-bond acceptors (Lipinski definition) is 5. The van der Waals surface area contributed by atoms with Crippen molar-refractivity contribution in [3.05, 3.63) is 28.6 Å². The number of aromatic amines is 1. The van der Waals surface area contributed by atoms with E-state index in [2.05, 4.69) is 15.3 Å². The van der Waals surface area contributed by atoms with E-state index in [-0.39, 0.29) is 5.56 Å². The van der Waals surface area contributed by atoms with E-state index >= 15 is 0 Å². The zero-order valence-corrected chi connectivity index (χ0v) is 10.6. The molecule has 3 rings (SSSR count). The first-order valence-corrected chi connectivity index (χ1v) is 7.02. The van der Waals surface area contributed by atoms with Crippen molar-refractivity contribution in [1.29, 1.82) is 0 Å². The molecule has 0 aliphatic carbocycles. The van der Waals surface area contributed by atoms with Gasteiger partial charge in [-0.25, -0.2) is 4.98 Å². The van der Waals surface area contributed by atoms with Gasteiger partial charge in [-0.15, -0.1) is 0 Å². The average molecular weight is 262 g/mol. The van der Waals surface area contributed by atoms with Gasteiger partial charge < -0.3 is 11.1 Å². The van der Waals surface area contributed by atoms with Crippen LogP contribution in [-0.4, -0.2) is 27.5 Å². The van der Waals surface area contributed by atoms with Crippen molar-refractivity contribution in [3.8, 4) is 0 Å². The lowest BCUT2D eigenvalue weighted by Crippen LogP contribution is -2.22. The summed E-state index contributed by atoms with van der Waals surface area (Å²) in [5, 5.41) is 3.80. The van der Waals surface area contributed by atoms with Crippen LogP contribution in [0.2, 0.25) is 0 Å². The third-order valence-corrected chi connectivity index (χ3v) is 4.16. The molecule has 94 valence electrons. The molecule has 0 amide bonds. The van der Waals surface area contributed by atoms with E-state index in [0.29, 0.717) is 28.6 Å². The summed E-state index contributed by atoms with van der Waals surface area (Å²) in [7, 11) is 0. The molecule has 1 unspecified atom stereocenters. The van der Waals surface area contributed by atoms with Crippen molar-refractivity contribution < 1.29 is 0 Å². The molecule has 0 saturated carbocycles. The molecule has 18 heavy (non-hydrogen) atoms. The lowest BCUT2D eigenvalue weighted by atomic mass is 10.2. The number of aromatic nitrogens is 2. The Morgan fingerprint density at radius 1 is 1.50 bits per heavy atom. The third kappa shape index (κ3) is 2.15. The lowest BCUT2D eigenvalue weighted by Gasteiger charge is -2.11. The van der Waals surface area contributed by atoms with E-state index in [9.17, 15) is 4.79 Å². The van der Waals surface area contributed by atoms with E-state index in [1.165, 1.54) is 0 Å². The maximum absolute atomic E-state index is 11.9. The van der Waals surface area contributed by atoms with Gasteiger partial charge in [-0.3, -0.25) is 9.78 Å².